The van der Waals surface area contributed by atoms with Gasteiger partial charge in [-0.3, -0.25) is 0 Å². The van der Waals surface area contributed by atoms with Gasteiger partial charge < -0.3 is 4.74 Å². The molecule has 3 heteroatoms. The molecule has 20 heavy (non-hydrogen) atoms. The van der Waals surface area contributed by atoms with E-state index in [1.807, 2.05) is 12.1 Å². The molecule has 1 aromatic carbocycles. The number of thiazole rings is 1. The van der Waals surface area contributed by atoms with Gasteiger partial charge in [-0.1, -0.05) is 39.8 Å². The molecule has 108 valence electrons. The Morgan fingerprint density at radius 1 is 1.15 bits per heavy atom. The van der Waals surface area contributed by atoms with E-state index < -0.39 is 0 Å². The van der Waals surface area contributed by atoms with Gasteiger partial charge in [-0.05, 0) is 36.0 Å². The minimum absolute atomic E-state index is 0.183. The Morgan fingerprint density at radius 2 is 1.85 bits per heavy atom. The van der Waals surface area contributed by atoms with Crippen LogP contribution in [0.2, 0.25) is 0 Å². The van der Waals surface area contributed by atoms with E-state index in [9.17, 15) is 0 Å². The quantitative estimate of drug-likeness (QED) is 0.775. The second-order valence-electron chi connectivity index (χ2n) is 6.05. The first-order valence-corrected chi connectivity index (χ1v) is 8.03. The van der Waals surface area contributed by atoms with Crippen LogP contribution in [0.4, 0.5) is 0 Å². The van der Waals surface area contributed by atoms with Crippen molar-refractivity contribution in [2.24, 2.45) is 0 Å². The predicted octanol–water partition coefficient (Wildman–Crippen LogP) is 4.97. The van der Waals surface area contributed by atoms with Gasteiger partial charge >= 0.3 is 0 Å². The number of rotatable bonds is 5. The Kier molecular flexibility index (Phi) is 4.81. The van der Waals surface area contributed by atoms with Crippen molar-refractivity contribution in [1.82, 2.24) is 4.98 Å². The van der Waals surface area contributed by atoms with Crippen LogP contribution < -0.4 is 4.74 Å². The van der Waals surface area contributed by atoms with Crippen molar-refractivity contribution >= 4 is 11.3 Å². The van der Waals surface area contributed by atoms with E-state index in [1.54, 1.807) is 11.3 Å². The van der Waals surface area contributed by atoms with Crippen molar-refractivity contribution < 1.29 is 4.74 Å². The topological polar surface area (TPSA) is 22.1 Å². The van der Waals surface area contributed by atoms with E-state index in [4.69, 9.17) is 4.74 Å². The monoisotopic (exact) mass is 289 g/mol. The molecule has 0 saturated heterocycles. The summed E-state index contributed by atoms with van der Waals surface area (Å²) in [7, 11) is 0. The molecular formula is C17H23NOS. The largest absolute Gasteiger partial charge is 0.487 e. The van der Waals surface area contributed by atoms with Crippen LogP contribution in [-0.4, -0.2) is 4.98 Å². The summed E-state index contributed by atoms with van der Waals surface area (Å²) in [6.45, 7) is 9.37. The zero-order valence-corrected chi connectivity index (χ0v) is 13.6. The van der Waals surface area contributed by atoms with Crippen molar-refractivity contribution in [3.05, 3.63) is 45.9 Å². The summed E-state index contributed by atoms with van der Waals surface area (Å²) in [5.74, 6) is 0.906. The number of aryl methyl sites for hydroxylation is 1. The molecule has 0 amide bonds. The zero-order chi connectivity index (χ0) is 14.6. The standard InChI is InChI=1S/C17H23NOS/c1-5-6-16-18-14(12-20-16)11-19-15-9-7-13(8-10-15)17(2,3)4/h7-10,12H,5-6,11H2,1-4H3. The van der Waals surface area contributed by atoms with Crippen LogP contribution in [0.1, 0.15) is 50.4 Å². The maximum absolute atomic E-state index is 5.80. The van der Waals surface area contributed by atoms with E-state index in [-0.39, 0.29) is 5.41 Å². The fourth-order valence-electron chi connectivity index (χ4n) is 1.95. The van der Waals surface area contributed by atoms with Gasteiger partial charge in [0.15, 0.2) is 0 Å². The van der Waals surface area contributed by atoms with Gasteiger partial charge in [0.1, 0.15) is 12.4 Å². The highest BCUT2D eigenvalue weighted by Crippen LogP contribution is 2.24. The molecule has 1 heterocycles. The van der Waals surface area contributed by atoms with Crippen LogP contribution in [-0.2, 0) is 18.4 Å². The first-order valence-electron chi connectivity index (χ1n) is 7.15. The lowest BCUT2D eigenvalue weighted by molar-refractivity contribution is 0.301. The Balaban J connectivity index is 1.93. The van der Waals surface area contributed by atoms with Crippen LogP contribution >= 0.6 is 11.3 Å². The fraction of sp³-hybridized carbons (Fsp3) is 0.471. The summed E-state index contributed by atoms with van der Waals surface area (Å²) in [6.07, 6.45) is 2.20. The zero-order valence-electron chi connectivity index (χ0n) is 12.8. The summed E-state index contributed by atoms with van der Waals surface area (Å²) in [4.78, 5) is 4.57. The molecule has 1 aromatic heterocycles. The third kappa shape index (κ3) is 4.07. The van der Waals surface area contributed by atoms with Crippen LogP contribution in [0.5, 0.6) is 5.75 Å². The second-order valence-corrected chi connectivity index (χ2v) is 6.99. The van der Waals surface area contributed by atoms with E-state index in [1.165, 1.54) is 10.6 Å². The molecule has 0 N–H and O–H groups in total. The molecule has 2 rings (SSSR count). The number of hydrogen-bond donors (Lipinski definition) is 0. The van der Waals surface area contributed by atoms with Crippen molar-refractivity contribution in [3.63, 3.8) is 0 Å². The molecule has 0 spiro atoms. The molecule has 0 atom stereocenters. The molecule has 0 bridgehead atoms. The lowest BCUT2D eigenvalue weighted by atomic mass is 9.87. The second kappa shape index (κ2) is 6.40. The molecule has 0 saturated carbocycles. The number of benzene rings is 1. The highest BCUT2D eigenvalue weighted by atomic mass is 32.1. The smallest absolute Gasteiger partial charge is 0.131 e. The maximum Gasteiger partial charge on any atom is 0.131 e. The number of aromatic nitrogens is 1. The van der Waals surface area contributed by atoms with Gasteiger partial charge in [0.2, 0.25) is 0 Å². The summed E-state index contributed by atoms with van der Waals surface area (Å²) >= 11 is 1.72. The average molecular weight is 289 g/mol. The SMILES string of the molecule is CCCc1nc(COc2ccc(C(C)(C)C)cc2)cs1. The van der Waals surface area contributed by atoms with Crippen molar-refractivity contribution in [1.29, 1.82) is 0 Å². The summed E-state index contributed by atoms with van der Waals surface area (Å²) < 4.78 is 5.80. The van der Waals surface area contributed by atoms with Crippen LogP contribution in [0.3, 0.4) is 0 Å². The van der Waals surface area contributed by atoms with E-state index in [2.05, 4.69) is 50.2 Å². The van der Waals surface area contributed by atoms with Crippen molar-refractivity contribution in [2.45, 2.75) is 52.6 Å². The van der Waals surface area contributed by atoms with Crippen molar-refractivity contribution in [2.75, 3.05) is 0 Å². The van der Waals surface area contributed by atoms with Crippen LogP contribution in [0, 0.1) is 0 Å². The molecule has 0 unspecified atom stereocenters. The van der Waals surface area contributed by atoms with Gasteiger partial charge in [-0.25, -0.2) is 4.98 Å². The van der Waals surface area contributed by atoms with Crippen LogP contribution in [0.15, 0.2) is 29.6 Å². The number of ether oxygens (including phenoxy) is 1. The lowest BCUT2D eigenvalue weighted by Gasteiger charge is -2.19. The highest BCUT2D eigenvalue weighted by Gasteiger charge is 2.13. The highest BCUT2D eigenvalue weighted by molar-refractivity contribution is 7.09. The van der Waals surface area contributed by atoms with E-state index in [0.29, 0.717) is 6.61 Å². The molecule has 0 fully saturated rings. The Labute approximate surface area is 125 Å². The summed E-state index contributed by atoms with van der Waals surface area (Å²) in [5.41, 5.74) is 2.53. The Morgan fingerprint density at radius 3 is 2.45 bits per heavy atom. The molecule has 0 aliphatic carbocycles. The van der Waals surface area contributed by atoms with Gasteiger partial charge in [-0.15, -0.1) is 11.3 Å². The molecule has 0 aliphatic heterocycles. The predicted molar refractivity (Wildman–Crippen MR) is 85.6 cm³/mol. The fourth-order valence-corrected chi connectivity index (χ4v) is 2.84. The first-order chi connectivity index (χ1) is 9.49. The van der Waals surface area contributed by atoms with Crippen LogP contribution in [0.25, 0.3) is 0 Å². The van der Waals surface area contributed by atoms with Gasteiger partial charge in [0, 0.05) is 5.38 Å². The minimum atomic E-state index is 0.183. The van der Waals surface area contributed by atoms with Gasteiger partial charge in [-0.2, -0.15) is 0 Å². The lowest BCUT2D eigenvalue weighted by Crippen LogP contribution is -2.10. The summed E-state index contributed by atoms with van der Waals surface area (Å²) in [6, 6.07) is 8.36. The van der Waals surface area contributed by atoms with E-state index >= 15 is 0 Å². The third-order valence-electron chi connectivity index (χ3n) is 3.17. The molecule has 2 nitrogen and oxygen atoms in total. The number of nitrogens with zero attached hydrogens (tertiary/aromatic N) is 1. The molecule has 0 aliphatic rings. The normalized spacial score (nSPS) is 11.6. The Bertz CT molecular complexity index is 537. The first kappa shape index (κ1) is 15.0. The molecular weight excluding hydrogens is 266 g/mol. The summed E-state index contributed by atoms with van der Waals surface area (Å²) in [5, 5.41) is 3.29. The number of hydrogen-bond acceptors (Lipinski definition) is 3. The van der Waals surface area contributed by atoms with E-state index in [0.717, 1.165) is 24.3 Å². The average Bonchev–Trinajstić information content (AvgIpc) is 2.84. The third-order valence-corrected chi connectivity index (χ3v) is 4.13. The van der Waals surface area contributed by atoms with Gasteiger partial charge in [0.25, 0.3) is 0 Å². The van der Waals surface area contributed by atoms with Gasteiger partial charge in [0.05, 0.1) is 10.7 Å². The molecule has 0 radical (unpaired) electrons. The molecule has 2 aromatic rings. The maximum atomic E-state index is 5.80. The van der Waals surface area contributed by atoms with Crippen molar-refractivity contribution in [3.8, 4) is 5.75 Å². The minimum Gasteiger partial charge on any atom is -0.487 e. The Hall–Kier alpha value is -1.35.